The van der Waals surface area contributed by atoms with Crippen LogP contribution in [0.15, 0.2) is 35.2 Å². The average Bonchev–Trinajstić information content (AvgIpc) is 3.06. The van der Waals surface area contributed by atoms with Gasteiger partial charge in [-0.05, 0) is 54.3 Å². The van der Waals surface area contributed by atoms with E-state index in [0.717, 1.165) is 38.5 Å². The fourth-order valence-electron chi connectivity index (χ4n) is 2.86. The van der Waals surface area contributed by atoms with Crippen molar-refractivity contribution in [2.75, 3.05) is 24.6 Å². The molecule has 124 valence electrons. The number of anilines is 1. The maximum Gasteiger partial charge on any atom is 0.128 e. The van der Waals surface area contributed by atoms with Crippen molar-refractivity contribution in [3.63, 3.8) is 0 Å². The molecule has 3 heterocycles. The zero-order chi connectivity index (χ0) is 16.1. The second kappa shape index (κ2) is 7.90. The zero-order valence-corrected chi connectivity index (χ0v) is 14.7. The van der Waals surface area contributed by atoms with Crippen molar-refractivity contribution < 1.29 is 4.74 Å². The molecule has 5 heteroatoms. The summed E-state index contributed by atoms with van der Waals surface area (Å²) in [5, 5.41) is 7.93. The van der Waals surface area contributed by atoms with Crippen molar-refractivity contribution in [3.8, 4) is 0 Å². The van der Waals surface area contributed by atoms with E-state index in [4.69, 9.17) is 4.74 Å². The lowest BCUT2D eigenvalue weighted by Gasteiger charge is -2.32. The first-order chi connectivity index (χ1) is 11.2. The predicted molar refractivity (Wildman–Crippen MR) is 96.2 cm³/mol. The number of hydrogen-bond acceptors (Lipinski definition) is 5. The highest BCUT2D eigenvalue weighted by Crippen LogP contribution is 2.15. The van der Waals surface area contributed by atoms with Gasteiger partial charge in [0.2, 0.25) is 0 Å². The first kappa shape index (κ1) is 16.4. The highest BCUT2D eigenvalue weighted by atomic mass is 32.1. The summed E-state index contributed by atoms with van der Waals surface area (Å²) in [5.74, 6) is 1.05. The Hall–Kier alpha value is -1.43. The standard InChI is InChI=1S/C18H25N3OS/c1-14(9-16-5-8-23-13-16)19-10-17-3-4-18(20-11-17)21-6-7-22-15(2)12-21/h3-5,8,11,13-15,19H,6-7,9-10,12H2,1-2H3. The topological polar surface area (TPSA) is 37.4 Å². The molecule has 2 aromatic rings. The fourth-order valence-corrected chi connectivity index (χ4v) is 3.54. The van der Waals surface area contributed by atoms with Gasteiger partial charge in [-0.3, -0.25) is 0 Å². The monoisotopic (exact) mass is 331 g/mol. The number of pyridine rings is 1. The molecule has 0 amide bonds. The number of nitrogens with zero attached hydrogens (tertiary/aromatic N) is 2. The molecule has 1 saturated heterocycles. The molecule has 0 aromatic carbocycles. The van der Waals surface area contributed by atoms with Crippen molar-refractivity contribution in [2.24, 2.45) is 0 Å². The van der Waals surface area contributed by atoms with Crippen LogP contribution in [-0.2, 0) is 17.7 Å². The van der Waals surface area contributed by atoms with Crippen LogP contribution in [0.25, 0.3) is 0 Å². The highest BCUT2D eigenvalue weighted by molar-refractivity contribution is 7.07. The Labute approximate surface area is 142 Å². The van der Waals surface area contributed by atoms with Gasteiger partial charge < -0.3 is 15.0 Å². The van der Waals surface area contributed by atoms with E-state index < -0.39 is 0 Å². The van der Waals surface area contributed by atoms with E-state index in [1.165, 1.54) is 11.1 Å². The number of ether oxygens (including phenoxy) is 1. The molecule has 2 aromatic heterocycles. The van der Waals surface area contributed by atoms with Gasteiger partial charge in [-0.2, -0.15) is 11.3 Å². The number of thiophene rings is 1. The summed E-state index contributed by atoms with van der Waals surface area (Å²) in [6, 6.07) is 6.96. The van der Waals surface area contributed by atoms with Crippen LogP contribution in [0, 0.1) is 0 Å². The normalized spacial score (nSPS) is 19.7. The van der Waals surface area contributed by atoms with Gasteiger partial charge in [0.25, 0.3) is 0 Å². The van der Waals surface area contributed by atoms with E-state index in [0.29, 0.717) is 6.04 Å². The Morgan fingerprint density at radius 2 is 2.30 bits per heavy atom. The van der Waals surface area contributed by atoms with Crippen molar-refractivity contribution in [2.45, 2.75) is 39.0 Å². The summed E-state index contributed by atoms with van der Waals surface area (Å²) in [5.41, 5.74) is 2.64. The van der Waals surface area contributed by atoms with E-state index in [2.05, 4.69) is 58.0 Å². The van der Waals surface area contributed by atoms with Crippen LogP contribution in [0.3, 0.4) is 0 Å². The lowest BCUT2D eigenvalue weighted by Crippen LogP contribution is -2.41. The van der Waals surface area contributed by atoms with Crippen LogP contribution in [0.5, 0.6) is 0 Å². The van der Waals surface area contributed by atoms with E-state index in [9.17, 15) is 0 Å². The van der Waals surface area contributed by atoms with E-state index in [1.807, 2.05) is 6.20 Å². The van der Waals surface area contributed by atoms with Crippen LogP contribution in [-0.4, -0.2) is 36.8 Å². The molecule has 0 saturated carbocycles. The van der Waals surface area contributed by atoms with Gasteiger partial charge in [0.05, 0.1) is 12.7 Å². The largest absolute Gasteiger partial charge is 0.375 e. The Kier molecular flexibility index (Phi) is 5.65. The summed E-state index contributed by atoms with van der Waals surface area (Å²) in [4.78, 5) is 6.92. The first-order valence-corrected chi connectivity index (χ1v) is 9.21. The van der Waals surface area contributed by atoms with Gasteiger partial charge in [0, 0.05) is 31.9 Å². The summed E-state index contributed by atoms with van der Waals surface area (Å²) in [6.07, 6.45) is 3.34. The number of hydrogen-bond donors (Lipinski definition) is 1. The van der Waals surface area contributed by atoms with Gasteiger partial charge in [0.15, 0.2) is 0 Å². The fraction of sp³-hybridized carbons (Fsp3) is 0.500. The minimum Gasteiger partial charge on any atom is -0.375 e. The van der Waals surface area contributed by atoms with E-state index in [1.54, 1.807) is 11.3 Å². The van der Waals surface area contributed by atoms with E-state index >= 15 is 0 Å². The summed E-state index contributed by atoms with van der Waals surface area (Å²) >= 11 is 1.76. The SMILES string of the molecule is CC(Cc1ccsc1)NCc1ccc(N2CCOC(C)C2)nc1. The Morgan fingerprint density at radius 3 is 3.00 bits per heavy atom. The molecule has 0 bridgehead atoms. The maximum absolute atomic E-state index is 5.58. The maximum atomic E-state index is 5.58. The zero-order valence-electron chi connectivity index (χ0n) is 13.9. The smallest absolute Gasteiger partial charge is 0.128 e. The lowest BCUT2D eigenvalue weighted by molar-refractivity contribution is 0.0529. The molecule has 1 aliphatic heterocycles. The average molecular weight is 331 g/mol. The molecule has 1 aliphatic rings. The second-order valence-corrected chi connectivity index (χ2v) is 7.05. The minimum atomic E-state index is 0.282. The van der Waals surface area contributed by atoms with Gasteiger partial charge in [0.1, 0.15) is 5.82 Å². The molecule has 0 radical (unpaired) electrons. The van der Waals surface area contributed by atoms with Crippen molar-refractivity contribution in [3.05, 3.63) is 46.3 Å². The highest BCUT2D eigenvalue weighted by Gasteiger charge is 2.17. The quantitative estimate of drug-likeness (QED) is 0.883. The molecular formula is C18H25N3OS. The van der Waals surface area contributed by atoms with Crippen LogP contribution in [0.4, 0.5) is 5.82 Å². The van der Waals surface area contributed by atoms with Crippen molar-refractivity contribution >= 4 is 17.2 Å². The van der Waals surface area contributed by atoms with Crippen LogP contribution in [0.1, 0.15) is 25.0 Å². The Morgan fingerprint density at radius 1 is 1.39 bits per heavy atom. The molecule has 2 atom stereocenters. The number of rotatable bonds is 6. The lowest BCUT2D eigenvalue weighted by atomic mass is 10.1. The first-order valence-electron chi connectivity index (χ1n) is 8.26. The van der Waals surface area contributed by atoms with Gasteiger partial charge in [-0.25, -0.2) is 4.98 Å². The third kappa shape index (κ3) is 4.77. The predicted octanol–water partition coefficient (Wildman–Crippen LogP) is 3.09. The minimum absolute atomic E-state index is 0.282. The molecule has 2 unspecified atom stereocenters. The van der Waals surface area contributed by atoms with Crippen LogP contribution < -0.4 is 10.2 Å². The molecule has 0 spiro atoms. The number of morpholine rings is 1. The molecule has 3 rings (SSSR count). The molecular weight excluding hydrogens is 306 g/mol. The van der Waals surface area contributed by atoms with Gasteiger partial charge in [-0.15, -0.1) is 0 Å². The Balaban J connectivity index is 1.49. The third-order valence-electron chi connectivity index (χ3n) is 4.15. The Bertz CT molecular complexity index is 585. The second-order valence-electron chi connectivity index (χ2n) is 6.27. The molecule has 1 N–H and O–H groups in total. The summed E-state index contributed by atoms with van der Waals surface area (Å²) in [6.45, 7) is 7.83. The van der Waals surface area contributed by atoms with Gasteiger partial charge >= 0.3 is 0 Å². The van der Waals surface area contributed by atoms with Gasteiger partial charge in [-0.1, -0.05) is 6.07 Å². The third-order valence-corrected chi connectivity index (χ3v) is 4.88. The number of nitrogens with one attached hydrogen (secondary N) is 1. The van der Waals surface area contributed by atoms with Crippen LogP contribution in [0.2, 0.25) is 0 Å². The van der Waals surface area contributed by atoms with Crippen molar-refractivity contribution in [1.82, 2.24) is 10.3 Å². The molecule has 23 heavy (non-hydrogen) atoms. The summed E-state index contributed by atoms with van der Waals surface area (Å²) in [7, 11) is 0. The van der Waals surface area contributed by atoms with Crippen molar-refractivity contribution in [1.29, 1.82) is 0 Å². The summed E-state index contributed by atoms with van der Waals surface area (Å²) < 4.78 is 5.58. The van der Waals surface area contributed by atoms with E-state index in [-0.39, 0.29) is 6.10 Å². The molecule has 0 aliphatic carbocycles. The number of aromatic nitrogens is 1. The molecule has 4 nitrogen and oxygen atoms in total. The molecule has 1 fully saturated rings. The van der Waals surface area contributed by atoms with Crippen LogP contribution >= 0.6 is 11.3 Å².